The molecule has 3 aromatic rings. The minimum Gasteiger partial charge on any atom is -0.491 e. The first-order chi connectivity index (χ1) is 20.2. The van der Waals surface area contributed by atoms with E-state index < -0.39 is 0 Å². The first-order valence-corrected chi connectivity index (χ1v) is 14.6. The second-order valence-electron chi connectivity index (χ2n) is 10.5. The molecule has 0 saturated carbocycles. The molecule has 0 radical (unpaired) electrons. The van der Waals surface area contributed by atoms with Gasteiger partial charge in [-0.2, -0.15) is 0 Å². The van der Waals surface area contributed by atoms with Gasteiger partial charge in [0.15, 0.2) is 0 Å². The van der Waals surface area contributed by atoms with E-state index in [0.29, 0.717) is 37.9 Å². The van der Waals surface area contributed by atoms with E-state index in [2.05, 4.69) is 40.5 Å². The highest BCUT2D eigenvalue weighted by Crippen LogP contribution is 2.34. The maximum Gasteiger partial charge on any atom is 0.142 e. The zero-order valence-corrected chi connectivity index (χ0v) is 23.9. The summed E-state index contributed by atoms with van der Waals surface area (Å²) >= 11 is 0. The van der Waals surface area contributed by atoms with E-state index in [1.165, 1.54) is 11.6 Å². The summed E-state index contributed by atoms with van der Waals surface area (Å²) in [5.74, 6) is 1.79. The van der Waals surface area contributed by atoms with Crippen LogP contribution in [0.4, 0.5) is 10.1 Å². The molecule has 0 amide bonds. The number of halogens is 1. The Bertz CT molecular complexity index is 1220. The minimum atomic E-state index is -0.248. The average Bonchev–Trinajstić information content (AvgIpc) is 3.01. The third-order valence-corrected chi connectivity index (χ3v) is 7.67. The van der Waals surface area contributed by atoms with Gasteiger partial charge in [-0.25, -0.2) is 4.39 Å². The Balaban J connectivity index is 1.11. The Morgan fingerprint density at radius 3 is 2.73 bits per heavy atom. The fourth-order valence-electron chi connectivity index (χ4n) is 5.46. The molecule has 2 heterocycles. The molecule has 0 spiro atoms. The molecule has 2 aliphatic rings. The van der Waals surface area contributed by atoms with Crippen LogP contribution in [-0.4, -0.2) is 65.8 Å². The van der Waals surface area contributed by atoms with Gasteiger partial charge in [0, 0.05) is 38.3 Å². The molecule has 41 heavy (non-hydrogen) atoms. The van der Waals surface area contributed by atoms with Crippen LogP contribution in [0, 0.1) is 5.82 Å². The molecule has 5 rings (SSSR count). The van der Waals surface area contributed by atoms with Crippen molar-refractivity contribution in [1.82, 2.24) is 5.32 Å². The highest BCUT2D eigenvalue weighted by Gasteiger charge is 2.27. The number of hydrogen-bond acceptors (Lipinski definition) is 7. The lowest BCUT2D eigenvalue weighted by Gasteiger charge is -2.33. The molecule has 1 fully saturated rings. The molecule has 8 heteroatoms. The number of benzene rings is 3. The summed E-state index contributed by atoms with van der Waals surface area (Å²) < 4.78 is 42.8. The van der Waals surface area contributed by atoms with E-state index in [0.717, 1.165) is 68.4 Å². The monoisotopic (exact) mass is 564 g/mol. The summed E-state index contributed by atoms with van der Waals surface area (Å²) in [6.45, 7) is 6.66. The van der Waals surface area contributed by atoms with Crippen molar-refractivity contribution in [3.05, 3.63) is 89.2 Å². The predicted octanol–water partition coefficient (Wildman–Crippen LogP) is 5.32. The summed E-state index contributed by atoms with van der Waals surface area (Å²) in [6.07, 6.45) is 2.08. The van der Waals surface area contributed by atoms with Crippen molar-refractivity contribution in [2.24, 2.45) is 0 Å². The summed E-state index contributed by atoms with van der Waals surface area (Å²) in [5.41, 5.74) is 4.09. The third kappa shape index (κ3) is 8.20. The van der Waals surface area contributed by atoms with Crippen molar-refractivity contribution >= 4 is 5.69 Å². The molecule has 0 aliphatic carbocycles. The quantitative estimate of drug-likeness (QED) is 0.266. The van der Waals surface area contributed by atoms with E-state index in [9.17, 15) is 4.39 Å². The molecule has 0 bridgehead atoms. The highest BCUT2D eigenvalue weighted by molar-refractivity contribution is 5.61. The number of ether oxygens (including phenoxy) is 5. The van der Waals surface area contributed by atoms with Crippen LogP contribution < -0.4 is 19.7 Å². The lowest BCUT2D eigenvalue weighted by molar-refractivity contribution is 0.0106. The van der Waals surface area contributed by atoms with Gasteiger partial charge in [0.2, 0.25) is 0 Å². The van der Waals surface area contributed by atoms with Crippen LogP contribution in [0.2, 0.25) is 0 Å². The smallest absolute Gasteiger partial charge is 0.142 e. The summed E-state index contributed by atoms with van der Waals surface area (Å²) in [5, 5.41) is 3.50. The average molecular weight is 565 g/mol. The van der Waals surface area contributed by atoms with Crippen molar-refractivity contribution in [3.8, 4) is 11.5 Å². The molecule has 2 unspecified atom stereocenters. The van der Waals surface area contributed by atoms with Gasteiger partial charge in [0.05, 0.1) is 38.2 Å². The van der Waals surface area contributed by atoms with Crippen LogP contribution in [0.15, 0.2) is 66.7 Å². The van der Waals surface area contributed by atoms with Gasteiger partial charge < -0.3 is 33.9 Å². The Morgan fingerprint density at radius 2 is 1.88 bits per heavy atom. The zero-order valence-electron chi connectivity index (χ0n) is 23.9. The van der Waals surface area contributed by atoms with Crippen LogP contribution in [0.1, 0.15) is 35.4 Å². The van der Waals surface area contributed by atoms with Gasteiger partial charge in [0.1, 0.15) is 30.5 Å². The largest absolute Gasteiger partial charge is 0.491 e. The number of piperidine rings is 1. The number of rotatable bonds is 14. The fraction of sp³-hybridized carbons (Fsp3) is 0.455. The van der Waals surface area contributed by atoms with Crippen molar-refractivity contribution in [2.75, 3.05) is 64.6 Å². The maximum absolute atomic E-state index is 13.7. The second kappa shape index (κ2) is 15.2. The van der Waals surface area contributed by atoms with Crippen LogP contribution in [0.25, 0.3) is 0 Å². The molecule has 2 aliphatic heterocycles. The number of nitrogens with zero attached hydrogens (tertiary/aromatic N) is 1. The number of hydrogen-bond donors (Lipinski definition) is 1. The number of methoxy groups -OCH3 is 1. The maximum atomic E-state index is 13.7. The Morgan fingerprint density at radius 1 is 1.00 bits per heavy atom. The number of nitrogens with one attached hydrogen (secondary N) is 1. The summed E-state index contributed by atoms with van der Waals surface area (Å²) in [4.78, 5) is 2.38. The summed E-state index contributed by atoms with van der Waals surface area (Å²) in [7, 11) is 1.74. The third-order valence-electron chi connectivity index (χ3n) is 7.67. The molecule has 2 atom stereocenters. The first kappa shape index (κ1) is 29.3. The minimum absolute atomic E-state index is 0.0763. The summed E-state index contributed by atoms with van der Waals surface area (Å²) in [6, 6.07) is 21.3. The van der Waals surface area contributed by atoms with Crippen molar-refractivity contribution in [1.29, 1.82) is 0 Å². The lowest BCUT2D eigenvalue weighted by atomic mass is 9.87. The van der Waals surface area contributed by atoms with E-state index in [4.69, 9.17) is 23.7 Å². The number of fused-ring (bicyclic) bond motifs is 1. The second-order valence-corrected chi connectivity index (χ2v) is 10.5. The van der Waals surface area contributed by atoms with Gasteiger partial charge in [-0.05, 0) is 60.8 Å². The standard InChI is InChI=1S/C33H41FN2O5/c1-37-17-4-15-36-16-18-40-32-12-7-25(21-31(32)36)23-41-33-22-35-14-13-29(33)26-8-10-28(11-9-26)39-20-19-38-24-27-5-2-3-6-30(27)34/h2-3,5-12,21,29,33,35H,4,13-20,22-24H2,1H3. The fourth-order valence-corrected chi connectivity index (χ4v) is 5.46. The van der Waals surface area contributed by atoms with Gasteiger partial charge >= 0.3 is 0 Å². The van der Waals surface area contributed by atoms with Crippen LogP contribution in [-0.2, 0) is 27.4 Å². The molecular formula is C33H41FN2O5. The van der Waals surface area contributed by atoms with E-state index in [-0.39, 0.29) is 18.5 Å². The van der Waals surface area contributed by atoms with Crippen molar-refractivity contribution in [2.45, 2.75) is 38.1 Å². The molecule has 7 nitrogen and oxygen atoms in total. The SMILES string of the molecule is COCCCN1CCOc2ccc(COC3CNCCC3c3ccc(OCCOCc4ccccc4F)cc3)cc21. The lowest BCUT2D eigenvalue weighted by Crippen LogP contribution is -2.41. The van der Waals surface area contributed by atoms with Gasteiger partial charge in [0.25, 0.3) is 0 Å². The van der Waals surface area contributed by atoms with E-state index >= 15 is 0 Å². The predicted molar refractivity (Wildman–Crippen MR) is 157 cm³/mol. The molecule has 3 aromatic carbocycles. The van der Waals surface area contributed by atoms with Gasteiger partial charge in [-0.15, -0.1) is 0 Å². The van der Waals surface area contributed by atoms with Crippen LogP contribution >= 0.6 is 0 Å². The zero-order chi connectivity index (χ0) is 28.3. The van der Waals surface area contributed by atoms with Gasteiger partial charge in [-0.3, -0.25) is 0 Å². The molecule has 0 aromatic heterocycles. The Hall–Kier alpha value is -3.17. The first-order valence-electron chi connectivity index (χ1n) is 14.6. The Kier molecular flexibility index (Phi) is 10.9. The molecular weight excluding hydrogens is 523 g/mol. The van der Waals surface area contributed by atoms with Crippen molar-refractivity contribution < 1.29 is 28.1 Å². The molecule has 220 valence electrons. The van der Waals surface area contributed by atoms with Crippen LogP contribution in [0.3, 0.4) is 0 Å². The Labute approximate surface area is 242 Å². The van der Waals surface area contributed by atoms with Crippen molar-refractivity contribution in [3.63, 3.8) is 0 Å². The van der Waals surface area contributed by atoms with Crippen LogP contribution in [0.5, 0.6) is 11.5 Å². The molecule has 1 N–H and O–H groups in total. The van der Waals surface area contributed by atoms with Gasteiger partial charge in [-0.1, -0.05) is 36.4 Å². The molecule has 1 saturated heterocycles. The van der Waals surface area contributed by atoms with E-state index in [1.807, 2.05) is 12.1 Å². The van der Waals surface area contributed by atoms with E-state index in [1.54, 1.807) is 25.3 Å². The number of anilines is 1. The normalized spacial score (nSPS) is 18.5. The highest BCUT2D eigenvalue weighted by atomic mass is 19.1. The topological polar surface area (TPSA) is 61.4 Å².